The maximum absolute atomic E-state index is 12.6. The molecule has 5 nitrogen and oxygen atoms in total. The van der Waals surface area contributed by atoms with E-state index in [2.05, 4.69) is 11.4 Å². The highest BCUT2D eigenvalue weighted by Crippen LogP contribution is 2.29. The van der Waals surface area contributed by atoms with Gasteiger partial charge in [0, 0.05) is 12.0 Å². The molecule has 2 fully saturated rings. The molecule has 0 spiro atoms. The smallest absolute Gasteiger partial charge is 0.314 e. The number of hydrogen-bond acceptors (Lipinski definition) is 4. The summed E-state index contributed by atoms with van der Waals surface area (Å²) < 4.78 is 5.61. The number of esters is 1. The van der Waals surface area contributed by atoms with Gasteiger partial charge in [0.1, 0.15) is 5.75 Å². The zero-order valence-electron chi connectivity index (χ0n) is 17.7. The molecule has 0 aliphatic heterocycles. The Morgan fingerprint density at radius 3 is 1.97 bits per heavy atom. The lowest BCUT2D eigenvalue weighted by Crippen LogP contribution is -2.41. The van der Waals surface area contributed by atoms with E-state index in [1.54, 1.807) is 24.3 Å². The van der Waals surface area contributed by atoms with E-state index in [1.165, 1.54) is 0 Å². The van der Waals surface area contributed by atoms with Crippen LogP contribution in [0.4, 0.5) is 0 Å². The molecule has 5 heteroatoms. The van der Waals surface area contributed by atoms with Gasteiger partial charge in [-0.25, -0.2) is 0 Å². The first-order chi connectivity index (χ1) is 15.1. The van der Waals surface area contributed by atoms with Gasteiger partial charge in [-0.3, -0.25) is 9.59 Å². The Kier molecular flexibility index (Phi) is 6.66. The van der Waals surface area contributed by atoms with Crippen LogP contribution in [0.1, 0.15) is 56.9 Å². The first-order valence-corrected chi connectivity index (χ1v) is 11.2. The summed E-state index contributed by atoms with van der Waals surface area (Å²) in [7, 11) is 0. The lowest BCUT2D eigenvalue weighted by molar-refractivity contribution is -0.140. The molecular formula is C26H28N2O3. The summed E-state index contributed by atoms with van der Waals surface area (Å²) >= 11 is 0. The van der Waals surface area contributed by atoms with E-state index < -0.39 is 0 Å². The molecule has 2 aromatic carbocycles. The quantitative estimate of drug-likeness (QED) is 0.550. The van der Waals surface area contributed by atoms with Gasteiger partial charge >= 0.3 is 5.97 Å². The van der Waals surface area contributed by atoms with Crippen molar-refractivity contribution >= 4 is 11.9 Å². The lowest BCUT2D eigenvalue weighted by Gasteiger charge is -2.28. The zero-order valence-corrected chi connectivity index (χ0v) is 17.7. The molecule has 0 aromatic heterocycles. The number of rotatable bonds is 5. The molecule has 2 saturated carbocycles. The van der Waals surface area contributed by atoms with Gasteiger partial charge in [-0.15, -0.1) is 0 Å². The van der Waals surface area contributed by atoms with Crippen molar-refractivity contribution in [3.63, 3.8) is 0 Å². The van der Waals surface area contributed by atoms with E-state index in [0.717, 1.165) is 62.5 Å². The van der Waals surface area contributed by atoms with Crippen molar-refractivity contribution in [3.8, 4) is 22.9 Å². The third kappa shape index (κ3) is 5.32. The van der Waals surface area contributed by atoms with Crippen molar-refractivity contribution < 1.29 is 14.3 Å². The summed E-state index contributed by atoms with van der Waals surface area (Å²) in [6, 6.07) is 17.1. The second-order valence-electron chi connectivity index (χ2n) is 8.67. The Labute approximate surface area is 183 Å². The molecule has 0 atom stereocenters. The van der Waals surface area contributed by atoms with Crippen LogP contribution in [0.15, 0.2) is 48.5 Å². The fourth-order valence-corrected chi connectivity index (χ4v) is 4.63. The number of nitrogens with zero attached hydrogens (tertiary/aromatic N) is 1. The van der Waals surface area contributed by atoms with Gasteiger partial charge < -0.3 is 10.1 Å². The Hall–Kier alpha value is -3.13. The van der Waals surface area contributed by atoms with Crippen molar-refractivity contribution in [1.29, 1.82) is 5.26 Å². The minimum atomic E-state index is -0.188. The summed E-state index contributed by atoms with van der Waals surface area (Å²) in [5.41, 5.74) is 2.64. The molecular weight excluding hydrogens is 388 g/mol. The standard InChI is InChI=1S/C26H28N2O3/c27-17-18-5-7-19(8-6-18)20-11-15-24(16-12-20)31-26(30)22-9-13-23(14-10-22)28-25(29)21-3-1-2-4-21/h5-8,11-12,15-16,21-23H,1-4,9-10,13-14H2,(H,28,29). The van der Waals surface area contributed by atoms with Crippen LogP contribution in [0.25, 0.3) is 11.1 Å². The Balaban J connectivity index is 1.26. The monoisotopic (exact) mass is 416 g/mol. The highest BCUT2D eigenvalue weighted by molar-refractivity contribution is 5.79. The van der Waals surface area contributed by atoms with Crippen LogP contribution in [-0.4, -0.2) is 17.9 Å². The number of carbonyl (C=O) groups is 2. The molecule has 2 aliphatic carbocycles. The van der Waals surface area contributed by atoms with Crippen LogP contribution in [0.3, 0.4) is 0 Å². The third-order valence-corrected chi connectivity index (χ3v) is 6.55. The van der Waals surface area contributed by atoms with Crippen molar-refractivity contribution in [2.45, 2.75) is 57.4 Å². The summed E-state index contributed by atoms with van der Waals surface area (Å²) in [6.45, 7) is 0. The molecule has 0 bridgehead atoms. The summed E-state index contributed by atoms with van der Waals surface area (Å²) in [5, 5.41) is 12.1. The Morgan fingerprint density at radius 1 is 0.806 bits per heavy atom. The molecule has 0 heterocycles. The number of amides is 1. The topological polar surface area (TPSA) is 79.2 Å². The fraction of sp³-hybridized carbons (Fsp3) is 0.423. The molecule has 0 saturated heterocycles. The van der Waals surface area contributed by atoms with E-state index in [-0.39, 0.29) is 29.8 Å². The van der Waals surface area contributed by atoms with E-state index in [1.807, 2.05) is 24.3 Å². The average Bonchev–Trinajstić information content (AvgIpc) is 3.35. The first kappa shape index (κ1) is 21.1. The van der Waals surface area contributed by atoms with Crippen LogP contribution in [0.5, 0.6) is 5.75 Å². The van der Waals surface area contributed by atoms with Gasteiger partial charge in [0.2, 0.25) is 5.91 Å². The molecule has 2 aromatic rings. The predicted octanol–water partition coefficient (Wildman–Crippen LogP) is 5.00. The number of nitriles is 1. The van der Waals surface area contributed by atoms with Crippen molar-refractivity contribution in [1.82, 2.24) is 5.32 Å². The Bertz CT molecular complexity index is 946. The largest absolute Gasteiger partial charge is 0.426 e. The molecule has 4 rings (SSSR count). The second kappa shape index (κ2) is 9.78. The average molecular weight is 417 g/mol. The van der Waals surface area contributed by atoms with Crippen LogP contribution in [0.2, 0.25) is 0 Å². The molecule has 160 valence electrons. The van der Waals surface area contributed by atoms with Gasteiger partial charge in [0.05, 0.1) is 17.6 Å². The minimum Gasteiger partial charge on any atom is -0.426 e. The lowest BCUT2D eigenvalue weighted by atomic mass is 9.86. The molecule has 0 unspecified atom stereocenters. The minimum absolute atomic E-state index is 0.113. The van der Waals surface area contributed by atoms with Crippen LogP contribution in [0, 0.1) is 23.2 Å². The maximum atomic E-state index is 12.6. The number of hydrogen-bond donors (Lipinski definition) is 1. The Morgan fingerprint density at radius 2 is 1.39 bits per heavy atom. The van der Waals surface area contributed by atoms with Crippen molar-refractivity contribution in [3.05, 3.63) is 54.1 Å². The number of carbonyl (C=O) groups excluding carboxylic acids is 2. The van der Waals surface area contributed by atoms with Gasteiger partial charge in [-0.2, -0.15) is 5.26 Å². The van der Waals surface area contributed by atoms with Crippen molar-refractivity contribution in [2.75, 3.05) is 0 Å². The normalized spacial score (nSPS) is 21.3. The zero-order chi connectivity index (χ0) is 21.6. The molecule has 1 amide bonds. The van der Waals surface area contributed by atoms with Crippen LogP contribution in [-0.2, 0) is 9.59 Å². The maximum Gasteiger partial charge on any atom is 0.314 e. The number of benzene rings is 2. The second-order valence-corrected chi connectivity index (χ2v) is 8.67. The predicted molar refractivity (Wildman–Crippen MR) is 118 cm³/mol. The van der Waals surface area contributed by atoms with E-state index in [0.29, 0.717) is 11.3 Å². The van der Waals surface area contributed by atoms with E-state index >= 15 is 0 Å². The van der Waals surface area contributed by atoms with Crippen molar-refractivity contribution in [2.24, 2.45) is 11.8 Å². The van der Waals surface area contributed by atoms with Gasteiger partial charge in [-0.05, 0) is 73.9 Å². The number of ether oxygens (including phenoxy) is 1. The highest BCUT2D eigenvalue weighted by atomic mass is 16.5. The molecule has 31 heavy (non-hydrogen) atoms. The third-order valence-electron chi connectivity index (χ3n) is 6.55. The van der Waals surface area contributed by atoms with Gasteiger partial charge in [-0.1, -0.05) is 37.1 Å². The summed E-state index contributed by atoms with van der Waals surface area (Å²) in [6.07, 6.45) is 7.49. The van der Waals surface area contributed by atoms with Crippen LogP contribution >= 0.6 is 0 Å². The summed E-state index contributed by atoms with van der Waals surface area (Å²) in [5.74, 6) is 0.629. The molecule has 1 N–H and O–H groups in total. The molecule has 0 radical (unpaired) electrons. The van der Waals surface area contributed by atoms with E-state index in [9.17, 15) is 9.59 Å². The van der Waals surface area contributed by atoms with Gasteiger partial charge in [0.15, 0.2) is 0 Å². The highest BCUT2D eigenvalue weighted by Gasteiger charge is 2.30. The number of nitrogens with one attached hydrogen (secondary N) is 1. The summed E-state index contributed by atoms with van der Waals surface area (Å²) in [4.78, 5) is 24.9. The fourth-order valence-electron chi connectivity index (χ4n) is 4.63. The van der Waals surface area contributed by atoms with E-state index in [4.69, 9.17) is 10.00 Å². The van der Waals surface area contributed by atoms with Crippen LogP contribution < -0.4 is 10.1 Å². The van der Waals surface area contributed by atoms with Gasteiger partial charge in [0.25, 0.3) is 0 Å². The molecule has 2 aliphatic rings. The first-order valence-electron chi connectivity index (χ1n) is 11.2. The SMILES string of the molecule is N#Cc1ccc(-c2ccc(OC(=O)C3CCC(NC(=O)C4CCCC4)CC3)cc2)cc1.